The Morgan fingerprint density at radius 3 is 2.67 bits per heavy atom. The lowest BCUT2D eigenvalue weighted by molar-refractivity contribution is 1.23. The van der Waals surface area contributed by atoms with Crippen molar-refractivity contribution in [2.45, 2.75) is 13.8 Å². The maximum Gasteiger partial charge on any atom is 0.0935 e. The van der Waals surface area contributed by atoms with Gasteiger partial charge in [-0.3, -0.25) is 9.97 Å². The summed E-state index contributed by atoms with van der Waals surface area (Å²) in [6.45, 7) is 3.98. The van der Waals surface area contributed by atoms with Gasteiger partial charge >= 0.3 is 0 Å². The lowest BCUT2D eigenvalue weighted by Gasteiger charge is -2.07. The highest BCUT2D eigenvalue weighted by Gasteiger charge is 2.06. The molecule has 0 bridgehead atoms. The molecule has 3 heteroatoms. The molecule has 0 aliphatic heterocycles. The molecule has 0 aliphatic rings. The SMILES string of the molecule is Cc1cnc(-c2ccncc2C)c(N)c1. The van der Waals surface area contributed by atoms with Crippen molar-refractivity contribution in [2.24, 2.45) is 0 Å². The molecule has 0 aliphatic carbocycles. The molecular weight excluding hydrogens is 186 g/mol. The highest BCUT2D eigenvalue weighted by atomic mass is 14.7. The number of hydrogen-bond acceptors (Lipinski definition) is 3. The lowest BCUT2D eigenvalue weighted by atomic mass is 10.1. The van der Waals surface area contributed by atoms with Crippen LogP contribution in [0.2, 0.25) is 0 Å². The third kappa shape index (κ3) is 1.81. The predicted molar refractivity (Wildman–Crippen MR) is 61.4 cm³/mol. The molecule has 2 aromatic heterocycles. The molecule has 0 saturated carbocycles. The normalized spacial score (nSPS) is 10.3. The quantitative estimate of drug-likeness (QED) is 0.767. The van der Waals surface area contributed by atoms with Crippen LogP contribution in [0.5, 0.6) is 0 Å². The van der Waals surface area contributed by atoms with E-state index in [2.05, 4.69) is 9.97 Å². The van der Waals surface area contributed by atoms with E-state index in [1.165, 1.54) is 0 Å². The van der Waals surface area contributed by atoms with Gasteiger partial charge in [-0.25, -0.2) is 0 Å². The van der Waals surface area contributed by atoms with E-state index in [1.807, 2.05) is 38.4 Å². The van der Waals surface area contributed by atoms with Crippen LogP contribution in [0.3, 0.4) is 0 Å². The molecule has 2 rings (SSSR count). The van der Waals surface area contributed by atoms with Crippen molar-refractivity contribution in [1.29, 1.82) is 0 Å². The number of rotatable bonds is 1. The van der Waals surface area contributed by atoms with Gasteiger partial charge in [0.25, 0.3) is 0 Å². The van der Waals surface area contributed by atoms with E-state index < -0.39 is 0 Å². The van der Waals surface area contributed by atoms with Gasteiger partial charge in [0.05, 0.1) is 11.4 Å². The van der Waals surface area contributed by atoms with Crippen LogP contribution in [0.15, 0.2) is 30.7 Å². The molecular formula is C12H13N3. The van der Waals surface area contributed by atoms with Gasteiger partial charge < -0.3 is 5.73 Å². The average Bonchev–Trinajstić information content (AvgIpc) is 2.20. The van der Waals surface area contributed by atoms with Crippen molar-refractivity contribution in [3.8, 4) is 11.3 Å². The molecule has 0 unspecified atom stereocenters. The Morgan fingerprint density at radius 1 is 1.20 bits per heavy atom. The third-order valence-electron chi connectivity index (χ3n) is 2.33. The molecule has 2 heterocycles. The molecule has 0 saturated heterocycles. The molecule has 76 valence electrons. The van der Waals surface area contributed by atoms with Crippen molar-refractivity contribution in [3.05, 3.63) is 41.9 Å². The standard InChI is InChI=1S/C12H13N3/c1-8-5-11(13)12(15-6-8)10-3-4-14-7-9(10)2/h3-7H,13H2,1-2H3. The minimum Gasteiger partial charge on any atom is -0.397 e. The molecule has 15 heavy (non-hydrogen) atoms. The summed E-state index contributed by atoms with van der Waals surface area (Å²) in [5.74, 6) is 0. The molecule has 0 atom stereocenters. The van der Waals surface area contributed by atoms with Crippen molar-refractivity contribution in [3.63, 3.8) is 0 Å². The minimum atomic E-state index is 0.712. The Hall–Kier alpha value is -1.90. The fourth-order valence-corrected chi connectivity index (χ4v) is 1.56. The van der Waals surface area contributed by atoms with Gasteiger partial charge in [0.2, 0.25) is 0 Å². The maximum absolute atomic E-state index is 5.94. The summed E-state index contributed by atoms with van der Waals surface area (Å²) in [4.78, 5) is 8.41. The summed E-state index contributed by atoms with van der Waals surface area (Å²) in [7, 11) is 0. The van der Waals surface area contributed by atoms with Crippen LogP contribution in [-0.4, -0.2) is 9.97 Å². The van der Waals surface area contributed by atoms with Crippen LogP contribution < -0.4 is 5.73 Å². The molecule has 2 N–H and O–H groups in total. The summed E-state index contributed by atoms with van der Waals surface area (Å²) < 4.78 is 0. The highest BCUT2D eigenvalue weighted by Crippen LogP contribution is 2.25. The molecule has 0 radical (unpaired) electrons. The molecule has 0 spiro atoms. The second kappa shape index (κ2) is 3.69. The molecule has 2 aromatic rings. The second-order valence-corrected chi connectivity index (χ2v) is 3.64. The molecule has 0 amide bonds. The van der Waals surface area contributed by atoms with Gasteiger partial charge in [-0.1, -0.05) is 0 Å². The zero-order chi connectivity index (χ0) is 10.8. The van der Waals surface area contributed by atoms with Gasteiger partial charge in [-0.15, -0.1) is 0 Å². The predicted octanol–water partition coefficient (Wildman–Crippen LogP) is 2.34. The number of nitrogen functional groups attached to an aromatic ring is 1. The highest BCUT2D eigenvalue weighted by molar-refractivity contribution is 5.74. The van der Waals surface area contributed by atoms with Crippen LogP contribution in [0.4, 0.5) is 5.69 Å². The van der Waals surface area contributed by atoms with E-state index in [0.29, 0.717) is 5.69 Å². The Labute approximate surface area is 89.0 Å². The number of hydrogen-bond donors (Lipinski definition) is 1. The third-order valence-corrected chi connectivity index (χ3v) is 2.33. The number of aryl methyl sites for hydroxylation is 2. The number of anilines is 1. The van der Waals surface area contributed by atoms with E-state index in [9.17, 15) is 0 Å². The summed E-state index contributed by atoms with van der Waals surface area (Å²) in [5, 5.41) is 0. The molecule has 0 aromatic carbocycles. The van der Waals surface area contributed by atoms with E-state index in [4.69, 9.17) is 5.73 Å². The van der Waals surface area contributed by atoms with Crippen molar-refractivity contribution in [1.82, 2.24) is 9.97 Å². The van der Waals surface area contributed by atoms with E-state index in [-0.39, 0.29) is 0 Å². The van der Waals surface area contributed by atoms with Crippen LogP contribution in [0, 0.1) is 13.8 Å². The number of nitrogens with zero attached hydrogens (tertiary/aromatic N) is 2. The Bertz CT molecular complexity index is 492. The van der Waals surface area contributed by atoms with Gasteiger partial charge in [0.1, 0.15) is 0 Å². The Balaban J connectivity index is 2.60. The first-order valence-corrected chi connectivity index (χ1v) is 4.81. The molecule has 3 nitrogen and oxygen atoms in total. The first kappa shape index (κ1) is 9.65. The van der Waals surface area contributed by atoms with E-state index in [0.717, 1.165) is 22.4 Å². The van der Waals surface area contributed by atoms with Crippen molar-refractivity contribution < 1.29 is 0 Å². The topological polar surface area (TPSA) is 51.8 Å². The van der Waals surface area contributed by atoms with Crippen LogP contribution in [0.1, 0.15) is 11.1 Å². The van der Waals surface area contributed by atoms with Gasteiger partial charge in [-0.05, 0) is 37.1 Å². The van der Waals surface area contributed by atoms with E-state index >= 15 is 0 Å². The summed E-state index contributed by atoms with van der Waals surface area (Å²) in [6, 6.07) is 3.87. The van der Waals surface area contributed by atoms with Crippen molar-refractivity contribution in [2.75, 3.05) is 5.73 Å². The Morgan fingerprint density at radius 2 is 2.00 bits per heavy atom. The van der Waals surface area contributed by atoms with Crippen LogP contribution in [-0.2, 0) is 0 Å². The van der Waals surface area contributed by atoms with Gasteiger partial charge in [0.15, 0.2) is 0 Å². The van der Waals surface area contributed by atoms with Crippen LogP contribution >= 0.6 is 0 Å². The zero-order valence-electron chi connectivity index (χ0n) is 8.86. The minimum absolute atomic E-state index is 0.712. The number of nitrogens with two attached hydrogens (primary N) is 1. The zero-order valence-corrected chi connectivity index (χ0v) is 8.86. The lowest BCUT2D eigenvalue weighted by Crippen LogP contribution is -1.96. The first-order valence-electron chi connectivity index (χ1n) is 4.81. The average molecular weight is 199 g/mol. The number of aromatic nitrogens is 2. The monoisotopic (exact) mass is 199 g/mol. The second-order valence-electron chi connectivity index (χ2n) is 3.64. The largest absolute Gasteiger partial charge is 0.397 e. The van der Waals surface area contributed by atoms with Crippen LogP contribution in [0.25, 0.3) is 11.3 Å². The number of pyridine rings is 2. The smallest absolute Gasteiger partial charge is 0.0935 e. The maximum atomic E-state index is 5.94. The fraction of sp³-hybridized carbons (Fsp3) is 0.167. The summed E-state index contributed by atoms with van der Waals surface area (Å²) >= 11 is 0. The summed E-state index contributed by atoms with van der Waals surface area (Å²) in [6.07, 6.45) is 5.39. The molecule has 0 fully saturated rings. The fourth-order valence-electron chi connectivity index (χ4n) is 1.56. The van der Waals surface area contributed by atoms with Crippen molar-refractivity contribution >= 4 is 5.69 Å². The van der Waals surface area contributed by atoms with Gasteiger partial charge in [-0.2, -0.15) is 0 Å². The van der Waals surface area contributed by atoms with Gasteiger partial charge in [0, 0.05) is 24.2 Å². The first-order chi connectivity index (χ1) is 7.18. The van der Waals surface area contributed by atoms with E-state index in [1.54, 1.807) is 6.20 Å². The Kier molecular flexibility index (Phi) is 2.37. The summed E-state index contributed by atoms with van der Waals surface area (Å²) in [5.41, 5.74) is 10.7.